The zero-order valence-electron chi connectivity index (χ0n) is 12.2. The Hall–Kier alpha value is -0.340. The number of nitrogens with zero attached hydrogens (tertiary/aromatic N) is 1. The molecule has 0 unspecified atom stereocenters. The minimum absolute atomic E-state index is 0.0909. The number of halogens is 3. The normalized spacial score (nSPS) is 26.4. The number of hydrogen-bond donors (Lipinski definition) is 0. The summed E-state index contributed by atoms with van der Waals surface area (Å²) >= 11 is 0. The van der Waals surface area contributed by atoms with Crippen LogP contribution in [0.15, 0.2) is 0 Å². The minimum Gasteiger partial charge on any atom is -0.381 e. The van der Waals surface area contributed by atoms with Crippen LogP contribution in [0, 0.1) is 11.3 Å². The fourth-order valence-electron chi connectivity index (χ4n) is 2.62. The van der Waals surface area contributed by atoms with Gasteiger partial charge in [0.1, 0.15) is 0 Å². The Kier molecular flexibility index (Phi) is 5.14. The highest BCUT2D eigenvalue weighted by atomic mass is 32.2. The summed E-state index contributed by atoms with van der Waals surface area (Å²) in [4.78, 5) is 0. The zero-order chi connectivity index (χ0) is 15.8. The average molecular weight is 317 g/mol. The first kappa shape index (κ1) is 17.7. The molecule has 20 heavy (non-hydrogen) atoms. The maximum Gasteiger partial charge on any atom is 0.392 e. The number of rotatable bonds is 4. The first-order chi connectivity index (χ1) is 8.90. The summed E-state index contributed by atoms with van der Waals surface area (Å²) in [5.41, 5.74) is -1.13. The molecule has 8 heteroatoms. The van der Waals surface area contributed by atoms with Gasteiger partial charge in [0.25, 0.3) is 0 Å². The van der Waals surface area contributed by atoms with Crippen molar-refractivity contribution in [1.29, 1.82) is 0 Å². The molecule has 0 aromatic rings. The molecule has 0 amide bonds. The van der Waals surface area contributed by atoms with Crippen LogP contribution in [-0.4, -0.2) is 51.0 Å². The number of alkyl halides is 3. The topological polar surface area (TPSA) is 46.6 Å². The molecule has 1 saturated heterocycles. The lowest BCUT2D eigenvalue weighted by Crippen LogP contribution is -2.53. The molecule has 0 aliphatic carbocycles. The van der Waals surface area contributed by atoms with E-state index >= 15 is 0 Å². The molecule has 1 fully saturated rings. The van der Waals surface area contributed by atoms with Crippen LogP contribution in [0.25, 0.3) is 0 Å². The third kappa shape index (κ3) is 4.08. The van der Waals surface area contributed by atoms with Crippen LogP contribution in [0.3, 0.4) is 0 Å². The fraction of sp³-hybridized carbons (Fsp3) is 1.00. The second-order valence-corrected chi connectivity index (χ2v) is 8.04. The van der Waals surface area contributed by atoms with E-state index in [1.807, 2.05) is 0 Å². The number of hydrogen-bond acceptors (Lipinski definition) is 3. The van der Waals surface area contributed by atoms with Crippen molar-refractivity contribution in [3.05, 3.63) is 0 Å². The third-order valence-electron chi connectivity index (χ3n) is 3.83. The third-order valence-corrected chi connectivity index (χ3v) is 5.82. The smallest absolute Gasteiger partial charge is 0.381 e. The van der Waals surface area contributed by atoms with Crippen LogP contribution in [0.1, 0.15) is 27.2 Å². The lowest BCUT2D eigenvalue weighted by atomic mass is 9.74. The molecular weight excluding hydrogens is 295 g/mol. The molecule has 0 spiro atoms. The molecule has 1 heterocycles. The Morgan fingerprint density at radius 3 is 2.35 bits per heavy atom. The summed E-state index contributed by atoms with van der Waals surface area (Å²) in [6.45, 7) is 4.34. The van der Waals surface area contributed by atoms with Crippen molar-refractivity contribution < 1.29 is 26.3 Å². The van der Waals surface area contributed by atoms with Crippen LogP contribution < -0.4 is 0 Å². The van der Waals surface area contributed by atoms with E-state index in [1.165, 1.54) is 21.0 Å². The van der Waals surface area contributed by atoms with Gasteiger partial charge in [-0.15, -0.1) is 0 Å². The first-order valence-electron chi connectivity index (χ1n) is 6.47. The maximum absolute atomic E-state index is 12.9. The van der Waals surface area contributed by atoms with Crippen LogP contribution in [-0.2, 0) is 14.8 Å². The Balaban J connectivity index is 2.85. The molecule has 0 bridgehead atoms. The minimum atomic E-state index is -4.29. The lowest BCUT2D eigenvalue weighted by Gasteiger charge is -2.44. The van der Waals surface area contributed by atoms with Gasteiger partial charge in [-0.25, -0.2) is 12.7 Å². The van der Waals surface area contributed by atoms with E-state index in [9.17, 15) is 21.6 Å². The highest BCUT2D eigenvalue weighted by Gasteiger charge is 2.52. The number of methoxy groups -OCH3 is 1. The van der Waals surface area contributed by atoms with Gasteiger partial charge < -0.3 is 4.74 Å². The van der Waals surface area contributed by atoms with E-state index in [4.69, 9.17) is 4.74 Å². The Labute approximate surface area is 118 Å². The summed E-state index contributed by atoms with van der Waals surface area (Å²) in [7, 11) is -2.19. The number of ether oxygens (including phenoxy) is 1. The molecule has 4 nitrogen and oxygen atoms in total. The van der Waals surface area contributed by atoms with E-state index in [1.54, 1.807) is 6.92 Å². The van der Waals surface area contributed by atoms with Gasteiger partial charge in [-0.2, -0.15) is 13.2 Å². The molecule has 0 aromatic carbocycles. The number of sulfonamides is 1. The van der Waals surface area contributed by atoms with E-state index < -0.39 is 33.6 Å². The van der Waals surface area contributed by atoms with Crippen molar-refractivity contribution >= 4 is 10.0 Å². The molecule has 0 radical (unpaired) electrons. The van der Waals surface area contributed by atoms with Crippen molar-refractivity contribution in [3.63, 3.8) is 0 Å². The van der Waals surface area contributed by atoms with Gasteiger partial charge in [0, 0.05) is 20.2 Å². The van der Waals surface area contributed by atoms with Crippen LogP contribution >= 0.6 is 0 Å². The highest BCUT2D eigenvalue weighted by Crippen LogP contribution is 2.45. The van der Waals surface area contributed by atoms with Crippen molar-refractivity contribution in [3.8, 4) is 0 Å². The average Bonchev–Trinajstić information content (AvgIpc) is 2.24. The van der Waals surface area contributed by atoms with Gasteiger partial charge in [-0.3, -0.25) is 0 Å². The van der Waals surface area contributed by atoms with Gasteiger partial charge >= 0.3 is 6.18 Å². The molecule has 1 rings (SSSR count). The van der Waals surface area contributed by atoms with Crippen molar-refractivity contribution in [2.45, 2.75) is 39.5 Å². The molecule has 0 saturated carbocycles. The van der Waals surface area contributed by atoms with Gasteiger partial charge in [0.05, 0.1) is 17.8 Å². The van der Waals surface area contributed by atoms with E-state index in [2.05, 4.69) is 0 Å². The second kappa shape index (κ2) is 5.81. The van der Waals surface area contributed by atoms with Crippen molar-refractivity contribution in [2.24, 2.45) is 11.3 Å². The van der Waals surface area contributed by atoms with Crippen LogP contribution in [0.5, 0.6) is 0 Å². The molecule has 0 N–H and O–H groups in total. The summed E-state index contributed by atoms with van der Waals surface area (Å²) in [5, 5.41) is 0. The Bertz CT molecular complexity index is 434. The summed E-state index contributed by atoms with van der Waals surface area (Å²) in [6.07, 6.45) is -4.97. The second-order valence-electron chi connectivity index (χ2n) is 6.03. The maximum atomic E-state index is 12.9. The Morgan fingerprint density at radius 1 is 1.40 bits per heavy atom. The first-order valence-corrected chi connectivity index (χ1v) is 8.08. The predicted molar refractivity (Wildman–Crippen MR) is 69.8 cm³/mol. The monoisotopic (exact) mass is 317 g/mol. The standard InChI is InChI=1S/C12H22F3NO3S/c1-9(19-4)7-20(17,18)16-6-5-10(12(13,14)15)11(2,3)8-16/h9-10H,5-8H2,1-4H3/t9-,10-/m1/s1. The van der Waals surface area contributed by atoms with Crippen molar-refractivity contribution in [1.82, 2.24) is 4.31 Å². The number of piperidine rings is 1. The largest absolute Gasteiger partial charge is 0.392 e. The van der Waals surface area contributed by atoms with E-state index in [0.717, 1.165) is 4.31 Å². The SMILES string of the molecule is CO[C@H](C)CS(=O)(=O)N1CC[C@@H](C(F)(F)F)C(C)(C)C1. The van der Waals surface area contributed by atoms with Gasteiger partial charge in [-0.05, 0) is 18.8 Å². The zero-order valence-corrected chi connectivity index (χ0v) is 13.0. The molecule has 1 aliphatic heterocycles. The highest BCUT2D eigenvalue weighted by molar-refractivity contribution is 7.89. The fourth-order valence-corrected chi connectivity index (χ4v) is 4.47. The van der Waals surface area contributed by atoms with Gasteiger partial charge in [-0.1, -0.05) is 13.8 Å². The lowest BCUT2D eigenvalue weighted by molar-refractivity contribution is -0.213. The molecule has 1 aliphatic rings. The molecule has 0 aromatic heterocycles. The Morgan fingerprint density at radius 2 is 1.95 bits per heavy atom. The van der Waals surface area contributed by atoms with Crippen LogP contribution in [0.4, 0.5) is 13.2 Å². The molecule has 120 valence electrons. The predicted octanol–water partition coefficient (Wildman–Crippen LogP) is 2.26. The van der Waals surface area contributed by atoms with E-state index in [0.29, 0.717) is 0 Å². The van der Waals surface area contributed by atoms with Gasteiger partial charge in [0.15, 0.2) is 0 Å². The summed E-state index contributed by atoms with van der Waals surface area (Å²) in [5.74, 6) is -1.68. The molecule has 2 atom stereocenters. The molecular formula is C12H22F3NO3S. The van der Waals surface area contributed by atoms with Crippen LogP contribution in [0.2, 0.25) is 0 Å². The summed E-state index contributed by atoms with van der Waals surface area (Å²) < 4.78 is 69.2. The van der Waals surface area contributed by atoms with Crippen molar-refractivity contribution in [2.75, 3.05) is 26.0 Å². The van der Waals surface area contributed by atoms with E-state index in [-0.39, 0.29) is 25.3 Å². The summed E-state index contributed by atoms with van der Waals surface area (Å²) in [6, 6.07) is 0. The quantitative estimate of drug-likeness (QED) is 0.799. The van der Waals surface area contributed by atoms with Gasteiger partial charge in [0.2, 0.25) is 10.0 Å².